The number of aliphatic carboxylic acids is 1. The van der Waals surface area contributed by atoms with Gasteiger partial charge in [-0.15, -0.1) is 15.6 Å². The number of carboxylic acid groups (broad SMARTS) is 1. The number of nitrogen functional groups attached to an aromatic ring is 1. The lowest BCUT2D eigenvalue weighted by Gasteiger charge is -2.50. The number of oxime groups is 1. The number of nitrogens with two attached hydrogens (primary N) is 2. The standard InChI is InChI=1S/C30H40N8O10S2/c1-28(2)14-33-11-10-19(28)35-23(31)16-6-8-18-15(12-16)7-9-20(46-18)30(5,26(41)42)47-37-21(17-13-49-27(32)34-17)24(39)36-22-25(40)38(29(22,3)4)48-50(43,44)45/h6,8,12-13,19-20,22,33H,7,9-11,14H2,1-5H3,(H2,31,35)(H2,32,34)(H,36,39)(H,41,42)(H,43,44,45)/b37-21-/t19?,20-,22-,30+/m1/s1. The van der Waals surface area contributed by atoms with Gasteiger partial charge in [-0.25, -0.2) is 9.78 Å². The Kier molecular flexibility index (Phi) is 9.89. The number of benzene rings is 1. The second kappa shape index (κ2) is 13.4. The van der Waals surface area contributed by atoms with E-state index in [9.17, 15) is 27.9 Å². The van der Waals surface area contributed by atoms with E-state index in [4.69, 9.17) is 30.6 Å². The van der Waals surface area contributed by atoms with Crippen molar-refractivity contribution in [1.29, 1.82) is 0 Å². The van der Waals surface area contributed by atoms with Crippen LogP contribution in [0.1, 0.15) is 64.3 Å². The topological polar surface area (TPSA) is 270 Å². The maximum absolute atomic E-state index is 13.5. The van der Waals surface area contributed by atoms with Crippen LogP contribution >= 0.6 is 11.3 Å². The molecule has 0 radical (unpaired) electrons. The van der Waals surface area contributed by atoms with Gasteiger partial charge in [-0.05, 0) is 75.8 Å². The van der Waals surface area contributed by atoms with E-state index in [1.54, 1.807) is 12.1 Å². The minimum absolute atomic E-state index is 0.0524. The van der Waals surface area contributed by atoms with E-state index < -0.39 is 57.2 Å². The third-order valence-corrected chi connectivity index (χ3v) is 10.2. The van der Waals surface area contributed by atoms with Gasteiger partial charge in [-0.3, -0.25) is 19.1 Å². The average Bonchev–Trinajstić information content (AvgIpc) is 3.47. The van der Waals surface area contributed by atoms with Gasteiger partial charge >= 0.3 is 16.4 Å². The summed E-state index contributed by atoms with van der Waals surface area (Å²) in [5.74, 6) is -2.61. The van der Waals surface area contributed by atoms with Crippen molar-refractivity contribution in [1.82, 2.24) is 20.7 Å². The number of rotatable bonds is 11. The smallest absolute Gasteiger partial charge is 0.418 e. The van der Waals surface area contributed by atoms with Crippen LogP contribution in [0.4, 0.5) is 5.13 Å². The van der Waals surface area contributed by atoms with Crippen LogP contribution in [0.5, 0.6) is 5.75 Å². The van der Waals surface area contributed by atoms with Gasteiger partial charge in [-0.1, -0.05) is 19.0 Å². The summed E-state index contributed by atoms with van der Waals surface area (Å²) in [6.45, 7) is 9.97. The number of piperidine rings is 1. The molecule has 2 amide bonds. The molecule has 0 bridgehead atoms. The van der Waals surface area contributed by atoms with Crippen LogP contribution in [-0.2, 0) is 40.3 Å². The van der Waals surface area contributed by atoms with Crippen molar-refractivity contribution in [3.8, 4) is 5.75 Å². The number of amidine groups is 1. The number of anilines is 1. The van der Waals surface area contributed by atoms with Crippen LogP contribution in [-0.4, -0.2) is 99.9 Å². The number of nitrogens with one attached hydrogen (secondary N) is 2. The van der Waals surface area contributed by atoms with Crippen molar-refractivity contribution in [2.75, 3.05) is 18.8 Å². The minimum atomic E-state index is -5.03. The lowest BCUT2D eigenvalue weighted by Crippen LogP contribution is -2.76. The SMILES string of the molecule is CC1(C)CNCCC1N=C(N)c1ccc2c(c1)CC[C@H]([C@](C)(O/N=C(\C(=O)N[C@@H]1C(=O)N(OS(=O)(=O)O)C1(C)C)c1csc(N)n1)C(=O)O)O2. The van der Waals surface area contributed by atoms with Gasteiger partial charge in [-0.2, -0.15) is 13.5 Å². The Hall–Kier alpha value is -4.37. The fourth-order valence-corrected chi connectivity index (χ4v) is 6.97. The fraction of sp³-hybridized carbons (Fsp3) is 0.533. The maximum atomic E-state index is 13.5. The van der Waals surface area contributed by atoms with Crippen LogP contribution in [0.2, 0.25) is 0 Å². The highest BCUT2D eigenvalue weighted by Gasteiger charge is 2.58. The van der Waals surface area contributed by atoms with Gasteiger partial charge in [0.15, 0.2) is 16.9 Å². The molecule has 3 aliphatic heterocycles. The molecular formula is C30H40N8O10S2. The molecule has 1 aromatic carbocycles. The molecule has 5 rings (SSSR count). The number of hydrogen-bond acceptors (Lipinski definition) is 14. The van der Waals surface area contributed by atoms with Gasteiger partial charge in [0, 0.05) is 17.5 Å². The molecule has 4 atom stereocenters. The summed E-state index contributed by atoms with van der Waals surface area (Å²) < 4.78 is 41.8. The van der Waals surface area contributed by atoms with E-state index in [0.717, 1.165) is 42.0 Å². The first-order valence-corrected chi connectivity index (χ1v) is 17.8. The van der Waals surface area contributed by atoms with Crippen molar-refractivity contribution in [3.05, 3.63) is 40.4 Å². The number of hydrogen-bond donors (Lipinski definition) is 6. The Bertz CT molecular complexity index is 1860. The van der Waals surface area contributed by atoms with Crippen LogP contribution in [0.15, 0.2) is 33.7 Å². The third-order valence-electron chi connectivity index (χ3n) is 9.14. The monoisotopic (exact) mass is 736 g/mol. The molecule has 2 saturated heterocycles. The molecule has 1 aromatic heterocycles. The third kappa shape index (κ3) is 7.38. The molecule has 0 aliphatic carbocycles. The first kappa shape index (κ1) is 36.9. The molecule has 4 heterocycles. The normalized spacial score (nSPS) is 24.6. The highest BCUT2D eigenvalue weighted by atomic mass is 32.3. The van der Waals surface area contributed by atoms with Crippen molar-refractivity contribution in [2.24, 2.45) is 21.3 Å². The summed E-state index contributed by atoms with van der Waals surface area (Å²) in [4.78, 5) is 53.3. The average molecular weight is 737 g/mol. The van der Waals surface area contributed by atoms with Crippen LogP contribution in [0, 0.1) is 5.41 Å². The van der Waals surface area contributed by atoms with Gasteiger partial charge in [0.2, 0.25) is 0 Å². The molecule has 1 unspecified atom stereocenters. The Labute approximate surface area is 292 Å². The Morgan fingerprint density at radius 1 is 1.26 bits per heavy atom. The highest BCUT2D eigenvalue weighted by Crippen LogP contribution is 2.36. The van der Waals surface area contributed by atoms with Crippen molar-refractivity contribution in [2.45, 2.75) is 83.2 Å². The van der Waals surface area contributed by atoms with E-state index in [1.165, 1.54) is 26.2 Å². The number of carboxylic acids is 1. The molecule has 50 heavy (non-hydrogen) atoms. The fourth-order valence-electron chi connectivity index (χ4n) is 5.97. The minimum Gasteiger partial charge on any atom is -0.485 e. The number of fused-ring (bicyclic) bond motifs is 1. The summed E-state index contributed by atoms with van der Waals surface area (Å²) in [6, 6.07) is 4.04. The number of thiazole rings is 1. The number of nitrogens with zero attached hydrogens (tertiary/aromatic N) is 4. The van der Waals surface area contributed by atoms with Gasteiger partial charge in [0.1, 0.15) is 23.3 Å². The van der Waals surface area contributed by atoms with Gasteiger partial charge in [0.05, 0.1) is 11.6 Å². The van der Waals surface area contributed by atoms with E-state index >= 15 is 0 Å². The number of aromatic nitrogens is 1. The molecular weight excluding hydrogens is 697 g/mol. The highest BCUT2D eigenvalue weighted by molar-refractivity contribution is 7.80. The first-order chi connectivity index (χ1) is 23.2. The molecule has 0 saturated carbocycles. The largest absolute Gasteiger partial charge is 0.485 e. The van der Waals surface area contributed by atoms with Crippen LogP contribution < -0.4 is 26.8 Å². The van der Waals surface area contributed by atoms with Crippen molar-refractivity contribution in [3.63, 3.8) is 0 Å². The zero-order chi connectivity index (χ0) is 36.8. The lowest BCUT2D eigenvalue weighted by atomic mass is 9.80. The van der Waals surface area contributed by atoms with Crippen LogP contribution in [0.3, 0.4) is 0 Å². The molecule has 2 fully saturated rings. The Balaban J connectivity index is 1.35. The summed E-state index contributed by atoms with van der Waals surface area (Å²) >= 11 is 0.968. The van der Waals surface area contributed by atoms with E-state index in [-0.39, 0.29) is 28.7 Å². The molecule has 3 aliphatic rings. The molecule has 20 heteroatoms. The molecule has 2 aromatic rings. The summed E-state index contributed by atoms with van der Waals surface area (Å²) in [5.41, 5.74) is 9.51. The number of carbonyl (C=O) groups is 3. The second-order valence-corrected chi connectivity index (χ2v) is 15.6. The van der Waals surface area contributed by atoms with Gasteiger partial charge < -0.3 is 36.8 Å². The number of β-lactam (4-membered cyclic amide) rings is 1. The quantitative estimate of drug-likeness (QED) is 0.0607. The molecule has 272 valence electrons. The molecule has 18 nitrogen and oxygen atoms in total. The number of ether oxygens (including phenoxy) is 1. The van der Waals surface area contributed by atoms with Crippen molar-refractivity contribution >= 4 is 56.2 Å². The summed E-state index contributed by atoms with van der Waals surface area (Å²) in [5, 5.41) is 21.8. The van der Waals surface area contributed by atoms with E-state index in [1.807, 2.05) is 6.07 Å². The predicted molar refractivity (Wildman–Crippen MR) is 181 cm³/mol. The van der Waals surface area contributed by atoms with Crippen LogP contribution in [0.25, 0.3) is 0 Å². The maximum Gasteiger partial charge on any atom is 0.418 e. The van der Waals surface area contributed by atoms with Gasteiger partial charge in [0.25, 0.3) is 17.4 Å². The predicted octanol–water partition coefficient (Wildman–Crippen LogP) is 0.617. The summed E-state index contributed by atoms with van der Waals surface area (Å²) in [7, 11) is -5.03. The number of aliphatic imine (C=N–C) groups is 1. The molecule has 8 N–H and O–H groups in total. The zero-order valence-corrected chi connectivity index (χ0v) is 29.6. The summed E-state index contributed by atoms with van der Waals surface area (Å²) in [6.07, 6.45) is 0.409. The lowest BCUT2D eigenvalue weighted by molar-refractivity contribution is -0.218. The van der Waals surface area contributed by atoms with Crippen molar-refractivity contribution < 1.29 is 46.3 Å². The van der Waals surface area contributed by atoms with E-state index in [0.29, 0.717) is 23.1 Å². The van der Waals surface area contributed by atoms with E-state index in [2.05, 4.69) is 38.9 Å². The number of aryl methyl sites for hydroxylation is 1. The Morgan fingerprint density at radius 3 is 2.58 bits per heavy atom. The second-order valence-electron chi connectivity index (χ2n) is 13.7. The Morgan fingerprint density at radius 2 is 1.98 bits per heavy atom. The number of carbonyl (C=O) groups excluding carboxylic acids is 2. The first-order valence-electron chi connectivity index (χ1n) is 15.6. The number of amides is 2. The molecule has 0 spiro atoms. The number of hydroxylamine groups is 2. The zero-order valence-electron chi connectivity index (χ0n) is 28.0.